The van der Waals surface area contributed by atoms with Crippen LogP contribution in [0.1, 0.15) is 13.0 Å². The molecule has 0 bridgehead atoms. The van der Waals surface area contributed by atoms with E-state index in [1.54, 1.807) is 42.6 Å². The number of thiazole rings is 1. The van der Waals surface area contributed by atoms with Crippen LogP contribution in [0.5, 0.6) is 0 Å². The number of rotatable bonds is 5. The lowest BCUT2D eigenvalue weighted by molar-refractivity contribution is -0.119. The molecule has 1 atom stereocenters. The average Bonchev–Trinajstić information content (AvgIpc) is 3.40. The summed E-state index contributed by atoms with van der Waals surface area (Å²) >= 11 is 1.38. The second-order valence-corrected chi connectivity index (χ2v) is 6.75. The van der Waals surface area contributed by atoms with E-state index >= 15 is 0 Å². The highest BCUT2D eigenvalue weighted by Gasteiger charge is 2.17. The average molecular weight is 376 g/mol. The number of anilines is 1. The Balaban J connectivity index is 1.55. The third-order valence-electron chi connectivity index (χ3n) is 4.06. The van der Waals surface area contributed by atoms with Crippen LogP contribution in [-0.2, 0) is 4.79 Å². The topological polar surface area (TPSA) is 85.6 Å². The van der Waals surface area contributed by atoms with Gasteiger partial charge < -0.3 is 5.32 Å². The van der Waals surface area contributed by atoms with Gasteiger partial charge in [0.05, 0.1) is 17.6 Å². The first kappa shape index (κ1) is 17.0. The molecule has 8 heteroatoms. The van der Waals surface area contributed by atoms with Gasteiger partial charge in [-0.15, -0.1) is 11.3 Å². The van der Waals surface area contributed by atoms with Crippen LogP contribution < -0.4 is 5.32 Å². The number of amides is 1. The van der Waals surface area contributed by atoms with Crippen molar-refractivity contribution < 1.29 is 4.79 Å². The quantitative estimate of drug-likeness (QED) is 0.574. The van der Waals surface area contributed by atoms with Crippen LogP contribution in [0.2, 0.25) is 0 Å². The summed E-state index contributed by atoms with van der Waals surface area (Å²) < 4.78 is 1.65. The molecule has 0 unspecified atom stereocenters. The van der Waals surface area contributed by atoms with Crippen molar-refractivity contribution >= 4 is 22.4 Å². The number of hydrogen-bond donors (Lipinski definition) is 1. The van der Waals surface area contributed by atoms with E-state index in [9.17, 15) is 4.79 Å². The second kappa shape index (κ2) is 7.46. The lowest BCUT2D eigenvalue weighted by atomic mass is 10.1. The summed E-state index contributed by atoms with van der Waals surface area (Å²) in [5.41, 5.74) is 3.50. The van der Waals surface area contributed by atoms with Gasteiger partial charge in [-0.1, -0.05) is 18.2 Å². The van der Waals surface area contributed by atoms with Gasteiger partial charge in [0.1, 0.15) is 6.04 Å². The summed E-state index contributed by atoms with van der Waals surface area (Å²) in [6, 6.07) is 9.36. The van der Waals surface area contributed by atoms with Gasteiger partial charge in [-0.25, -0.2) is 4.98 Å². The van der Waals surface area contributed by atoms with Crippen molar-refractivity contribution in [3.05, 3.63) is 66.7 Å². The molecule has 0 aliphatic rings. The van der Waals surface area contributed by atoms with Crippen LogP contribution in [0.25, 0.3) is 22.5 Å². The molecule has 7 nitrogen and oxygen atoms in total. The molecule has 3 aromatic heterocycles. The third kappa shape index (κ3) is 3.75. The van der Waals surface area contributed by atoms with Gasteiger partial charge in [0.25, 0.3) is 5.91 Å². The van der Waals surface area contributed by atoms with Crippen molar-refractivity contribution in [3.63, 3.8) is 0 Å². The largest absolute Gasteiger partial charge is 0.300 e. The van der Waals surface area contributed by atoms with Crippen LogP contribution in [-0.4, -0.2) is 30.6 Å². The van der Waals surface area contributed by atoms with Gasteiger partial charge in [0.2, 0.25) is 0 Å². The number of aromatic nitrogens is 5. The van der Waals surface area contributed by atoms with E-state index in [0.717, 1.165) is 22.5 Å². The number of nitrogens with one attached hydrogen (secondary N) is 1. The van der Waals surface area contributed by atoms with Gasteiger partial charge in [-0.2, -0.15) is 5.10 Å². The summed E-state index contributed by atoms with van der Waals surface area (Å²) in [7, 11) is 0. The Hall–Kier alpha value is -3.39. The normalized spacial score (nSPS) is 11.9. The Morgan fingerprint density at radius 3 is 2.70 bits per heavy atom. The zero-order valence-electron chi connectivity index (χ0n) is 14.5. The molecular weight excluding hydrogens is 360 g/mol. The zero-order chi connectivity index (χ0) is 18.6. The van der Waals surface area contributed by atoms with Gasteiger partial charge in [-0.05, 0) is 19.1 Å². The summed E-state index contributed by atoms with van der Waals surface area (Å²) in [4.78, 5) is 24.9. The zero-order valence-corrected chi connectivity index (χ0v) is 15.3. The molecule has 27 heavy (non-hydrogen) atoms. The number of benzene rings is 1. The molecule has 0 aliphatic heterocycles. The number of hydrogen-bond acceptors (Lipinski definition) is 6. The van der Waals surface area contributed by atoms with Crippen LogP contribution in [0, 0.1) is 0 Å². The summed E-state index contributed by atoms with van der Waals surface area (Å²) in [6.07, 6.45) is 8.49. The number of nitrogens with zero attached hydrogens (tertiary/aromatic N) is 5. The second-order valence-electron chi connectivity index (χ2n) is 5.85. The Morgan fingerprint density at radius 2 is 1.96 bits per heavy atom. The summed E-state index contributed by atoms with van der Waals surface area (Å²) in [6.45, 7) is 1.80. The monoisotopic (exact) mass is 376 g/mol. The van der Waals surface area contributed by atoms with Crippen molar-refractivity contribution in [3.8, 4) is 22.5 Å². The van der Waals surface area contributed by atoms with Crippen molar-refractivity contribution in [1.82, 2.24) is 24.7 Å². The van der Waals surface area contributed by atoms with Crippen molar-refractivity contribution in [2.45, 2.75) is 13.0 Å². The molecule has 0 saturated carbocycles. The fraction of sp³-hybridized carbons (Fsp3) is 0.105. The van der Waals surface area contributed by atoms with E-state index in [1.807, 2.05) is 35.7 Å². The molecule has 0 spiro atoms. The van der Waals surface area contributed by atoms with E-state index in [-0.39, 0.29) is 5.91 Å². The lowest BCUT2D eigenvalue weighted by Gasteiger charge is -2.11. The minimum Gasteiger partial charge on any atom is -0.300 e. The van der Waals surface area contributed by atoms with Crippen LogP contribution in [0.3, 0.4) is 0 Å². The van der Waals surface area contributed by atoms with Crippen LogP contribution >= 0.6 is 11.3 Å². The molecule has 0 aliphatic carbocycles. The maximum Gasteiger partial charge on any atom is 0.250 e. The first-order chi connectivity index (χ1) is 13.2. The third-order valence-corrected chi connectivity index (χ3v) is 4.75. The predicted molar refractivity (Wildman–Crippen MR) is 104 cm³/mol. The van der Waals surface area contributed by atoms with Crippen molar-refractivity contribution in [1.29, 1.82) is 0 Å². The van der Waals surface area contributed by atoms with E-state index in [0.29, 0.717) is 5.13 Å². The standard InChI is InChI=1S/C19H16N6OS/c1-13(18(26)23-19-22-8-10-27-19)25-9-5-16(24-25)14-3-2-4-15(11-14)17-12-20-6-7-21-17/h2-13H,1H3,(H,22,23,26)/t13-/m0/s1. The smallest absolute Gasteiger partial charge is 0.250 e. The van der Waals surface area contributed by atoms with Gasteiger partial charge >= 0.3 is 0 Å². The molecule has 0 radical (unpaired) electrons. The molecule has 1 amide bonds. The van der Waals surface area contributed by atoms with E-state index in [4.69, 9.17) is 0 Å². The molecule has 0 fully saturated rings. The molecule has 3 heterocycles. The molecule has 4 aromatic rings. The highest BCUT2D eigenvalue weighted by molar-refractivity contribution is 7.13. The number of carbonyl (C=O) groups is 1. The number of carbonyl (C=O) groups excluding carboxylic acids is 1. The molecule has 1 aromatic carbocycles. The lowest BCUT2D eigenvalue weighted by Crippen LogP contribution is -2.24. The highest BCUT2D eigenvalue weighted by Crippen LogP contribution is 2.24. The fourth-order valence-electron chi connectivity index (χ4n) is 2.61. The Morgan fingerprint density at radius 1 is 1.11 bits per heavy atom. The van der Waals surface area contributed by atoms with Crippen molar-refractivity contribution in [2.75, 3.05) is 5.32 Å². The summed E-state index contributed by atoms with van der Waals surface area (Å²) in [5, 5.41) is 9.76. The predicted octanol–water partition coefficient (Wildman–Crippen LogP) is 3.66. The molecule has 4 rings (SSSR count). The Bertz CT molecular complexity index is 1050. The maximum atomic E-state index is 12.4. The molecule has 134 valence electrons. The maximum absolute atomic E-state index is 12.4. The highest BCUT2D eigenvalue weighted by atomic mass is 32.1. The molecule has 1 N–H and O–H groups in total. The van der Waals surface area contributed by atoms with Gasteiger partial charge in [0.15, 0.2) is 5.13 Å². The van der Waals surface area contributed by atoms with E-state index < -0.39 is 6.04 Å². The summed E-state index contributed by atoms with van der Waals surface area (Å²) in [5.74, 6) is -0.159. The van der Waals surface area contributed by atoms with Gasteiger partial charge in [-0.3, -0.25) is 19.4 Å². The van der Waals surface area contributed by atoms with Crippen molar-refractivity contribution in [2.24, 2.45) is 0 Å². The van der Waals surface area contributed by atoms with E-state index in [1.165, 1.54) is 11.3 Å². The Kier molecular flexibility index (Phi) is 4.71. The minimum atomic E-state index is -0.453. The minimum absolute atomic E-state index is 0.159. The molecular formula is C19H16N6OS. The first-order valence-corrected chi connectivity index (χ1v) is 9.21. The SMILES string of the molecule is C[C@@H](C(=O)Nc1nccs1)n1ccc(-c2cccc(-c3cnccn3)c2)n1. The van der Waals surface area contributed by atoms with Crippen LogP contribution in [0.4, 0.5) is 5.13 Å². The van der Waals surface area contributed by atoms with Crippen LogP contribution in [0.15, 0.2) is 66.7 Å². The van der Waals surface area contributed by atoms with E-state index in [2.05, 4.69) is 25.4 Å². The Labute approximate surface area is 159 Å². The van der Waals surface area contributed by atoms with Gasteiger partial charge in [0, 0.05) is 41.3 Å². The molecule has 0 saturated heterocycles. The first-order valence-electron chi connectivity index (χ1n) is 8.33. The fourth-order valence-corrected chi connectivity index (χ4v) is 3.14.